The number of nitrogens with one attached hydrogen (secondary N) is 2. The smallest absolute Gasteiger partial charge is 0.230 e. The average Bonchev–Trinajstić information content (AvgIpc) is 3.66. The first kappa shape index (κ1) is 32.3. The molecule has 11 heteroatoms. The molecule has 3 fully saturated rings. The Balaban J connectivity index is 0.00000202. The van der Waals surface area contributed by atoms with Crippen LogP contribution in [0.3, 0.4) is 0 Å². The summed E-state index contributed by atoms with van der Waals surface area (Å²) >= 11 is 0. The first-order chi connectivity index (χ1) is 19.6. The van der Waals surface area contributed by atoms with Gasteiger partial charge in [-0.3, -0.25) is 4.79 Å². The number of rotatable bonds is 8. The molecule has 0 bridgehead atoms. The largest absolute Gasteiger partial charge is 0.365 e. The normalized spacial score (nSPS) is 22.3. The zero-order valence-electron chi connectivity index (χ0n) is 24.6. The van der Waals surface area contributed by atoms with Crippen molar-refractivity contribution in [3.8, 4) is 0 Å². The Bertz CT molecular complexity index is 1280. The fraction of sp³-hybridized carbons (Fsp3) is 0.613. The van der Waals surface area contributed by atoms with Crippen molar-refractivity contribution in [3.05, 3.63) is 42.2 Å². The highest BCUT2D eigenvalue weighted by Gasteiger charge is 2.30. The number of nitrogens with zero attached hydrogens (tertiary/aromatic N) is 5. The van der Waals surface area contributed by atoms with Gasteiger partial charge >= 0.3 is 0 Å². The molecule has 3 aromatic rings. The van der Waals surface area contributed by atoms with E-state index in [1.165, 1.54) is 25.7 Å². The molecule has 2 saturated carbocycles. The van der Waals surface area contributed by atoms with Crippen molar-refractivity contribution in [2.75, 3.05) is 23.7 Å². The fourth-order valence-electron chi connectivity index (χ4n) is 6.87. The number of aromatic nitrogens is 4. The summed E-state index contributed by atoms with van der Waals surface area (Å²) in [6.45, 7) is 3.60. The zero-order chi connectivity index (χ0) is 27.5. The van der Waals surface area contributed by atoms with E-state index in [0.717, 1.165) is 80.6 Å². The predicted octanol–water partition coefficient (Wildman–Crippen LogP) is 6.06. The molecule has 3 heterocycles. The number of hydrogen-bond donors (Lipinski definition) is 3. The van der Waals surface area contributed by atoms with Gasteiger partial charge in [0.15, 0.2) is 17.0 Å². The Labute approximate surface area is 261 Å². The molecule has 4 N–H and O–H groups in total. The Morgan fingerprint density at radius 1 is 0.929 bits per heavy atom. The maximum atomic E-state index is 13.4. The van der Waals surface area contributed by atoms with E-state index in [4.69, 9.17) is 20.7 Å². The van der Waals surface area contributed by atoms with Crippen LogP contribution in [0.4, 0.5) is 11.8 Å². The van der Waals surface area contributed by atoms with Crippen LogP contribution >= 0.6 is 24.8 Å². The number of carbonyl (C=O) groups is 1. The third-order valence-corrected chi connectivity index (χ3v) is 9.30. The number of nitrogens with two attached hydrogens (primary N) is 1. The number of anilines is 2. The van der Waals surface area contributed by atoms with Crippen LogP contribution in [-0.2, 0) is 4.79 Å². The van der Waals surface area contributed by atoms with Gasteiger partial charge in [-0.25, -0.2) is 4.98 Å². The van der Waals surface area contributed by atoms with Crippen LogP contribution in [0.2, 0.25) is 0 Å². The number of likely N-dealkylation sites (tertiary alicyclic amines) is 1. The summed E-state index contributed by atoms with van der Waals surface area (Å²) in [5, 5.41) is 7.35. The highest BCUT2D eigenvalue weighted by molar-refractivity contribution is 5.86. The summed E-state index contributed by atoms with van der Waals surface area (Å²) in [6.07, 6.45) is 13.6. The Kier molecular flexibility index (Phi) is 11.3. The maximum absolute atomic E-state index is 13.4. The van der Waals surface area contributed by atoms with Gasteiger partial charge in [0.05, 0.1) is 12.2 Å². The van der Waals surface area contributed by atoms with Crippen LogP contribution in [0.1, 0.15) is 95.1 Å². The van der Waals surface area contributed by atoms with Gasteiger partial charge in [-0.15, -0.1) is 24.8 Å². The molecule has 6 rings (SSSR count). The fourth-order valence-corrected chi connectivity index (χ4v) is 6.87. The quantitative estimate of drug-likeness (QED) is 0.282. The molecule has 0 radical (unpaired) electrons. The summed E-state index contributed by atoms with van der Waals surface area (Å²) in [6, 6.07) is 11.5. The average molecular weight is 618 g/mol. The van der Waals surface area contributed by atoms with Crippen LogP contribution in [0.15, 0.2) is 36.7 Å². The van der Waals surface area contributed by atoms with Crippen molar-refractivity contribution in [2.24, 2.45) is 5.73 Å². The van der Waals surface area contributed by atoms with Gasteiger partial charge in [0.1, 0.15) is 0 Å². The lowest BCUT2D eigenvalue weighted by Gasteiger charge is -2.35. The monoisotopic (exact) mass is 616 g/mol. The van der Waals surface area contributed by atoms with Crippen molar-refractivity contribution < 1.29 is 4.79 Å². The maximum Gasteiger partial charge on any atom is 0.230 e. The summed E-state index contributed by atoms with van der Waals surface area (Å²) in [4.78, 5) is 30.2. The zero-order valence-corrected chi connectivity index (χ0v) is 26.2. The predicted molar refractivity (Wildman–Crippen MR) is 174 cm³/mol. The lowest BCUT2D eigenvalue weighted by atomic mass is 9.92. The van der Waals surface area contributed by atoms with Crippen molar-refractivity contribution in [1.29, 1.82) is 0 Å². The molecule has 1 aliphatic heterocycles. The number of halogens is 2. The van der Waals surface area contributed by atoms with Gasteiger partial charge in [-0.2, -0.15) is 9.97 Å². The highest BCUT2D eigenvalue weighted by atomic mass is 35.5. The third-order valence-electron chi connectivity index (χ3n) is 9.30. The molecule has 1 amide bonds. The molecular weight excluding hydrogens is 571 g/mol. The number of piperidine rings is 1. The van der Waals surface area contributed by atoms with E-state index < -0.39 is 0 Å². The molecule has 1 saturated heterocycles. The van der Waals surface area contributed by atoms with E-state index in [-0.39, 0.29) is 42.7 Å². The van der Waals surface area contributed by atoms with Crippen molar-refractivity contribution in [3.63, 3.8) is 0 Å². The van der Waals surface area contributed by atoms with Crippen molar-refractivity contribution in [1.82, 2.24) is 24.4 Å². The summed E-state index contributed by atoms with van der Waals surface area (Å²) in [7, 11) is 0. The Hall–Kier alpha value is -2.62. The van der Waals surface area contributed by atoms with Gasteiger partial charge in [0, 0.05) is 37.3 Å². The molecule has 42 heavy (non-hydrogen) atoms. The molecular formula is C31H46Cl2N8O. The van der Waals surface area contributed by atoms with E-state index >= 15 is 0 Å². The van der Waals surface area contributed by atoms with Crippen LogP contribution in [-0.4, -0.2) is 61.5 Å². The standard InChI is InChI=1S/C31H44N8O.2ClH/c1-2-26(21-8-4-3-5-9-21)30(40)38-18-16-24(17-19-38)34-28-27-29(39(20-33-27)25-10-6-7-11-25)37-31(36-28)35-23-14-12-22(32)13-15-23;;/h3-5,8-9,20,22-26H,2,6-7,10-19,32H2,1H3,(H2,34,35,36,37);2*1H/t22-,23-,26?;;. The molecule has 1 atom stereocenters. The molecule has 0 spiro atoms. The minimum absolute atomic E-state index is 0. The van der Waals surface area contributed by atoms with Crippen molar-refractivity contribution in [2.45, 2.75) is 108 Å². The first-order valence-corrected chi connectivity index (χ1v) is 15.5. The number of carbonyl (C=O) groups excluding carboxylic acids is 1. The van der Waals surface area contributed by atoms with Gasteiger partial charge < -0.3 is 25.8 Å². The van der Waals surface area contributed by atoms with Gasteiger partial charge in [0.2, 0.25) is 11.9 Å². The van der Waals surface area contributed by atoms with E-state index in [1.807, 2.05) is 29.4 Å². The van der Waals surface area contributed by atoms with E-state index in [0.29, 0.717) is 24.1 Å². The SMILES string of the molecule is CCC(C(=O)N1CCC(Nc2nc(N[C@H]3CC[C@H](N)CC3)nc3c2ncn3C2CCCC2)CC1)c1ccccc1.Cl.Cl. The minimum Gasteiger partial charge on any atom is -0.365 e. The van der Waals surface area contributed by atoms with E-state index in [1.54, 1.807) is 0 Å². The molecule has 9 nitrogen and oxygen atoms in total. The minimum atomic E-state index is -0.0743. The molecule has 2 aromatic heterocycles. The number of imidazole rings is 1. The second-order valence-electron chi connectivity index (χ2n) is 12.0. The van der Waals surface area contributed by atoms with Crippen LogP contribution in [0.5, 0.6) is 0 Å². The molecule has 1 unspecified atom stereocenters. The summed E-state index contributed by atoms with van der Waals surface area (Å²) in [5.74, 6) is 1.65. The lowest BCUT2D eigenvalue weighted by molar-refractivity contribution is -0.133. The topological polar surface area (TPSA) is 114 Å². The van der Waals surface area contributed by atoms with Crippen LogP contribution in [0.25, 0.3) is 11.2 Å². The number of benzene rings is 1. The number of amides is 1. The Morgan fingerprint density at radius 3 is 2.26 bits per heavy atom. The van der Waals surface area contributed by atoms with Gasteiger partial charge in [0.25, 0.3) is 0 Å². The second kappa shape index (κ2) is 14.7. The third kappa shape index (κ3) is 7.12. The number of fused-ring (bicyclic) bond motifs is 1. The van der Waals surface area contributed by atoms with E-state index in [9.17, 15) is 4.79 Å². The van der Waals surface area contributed by atoms with Crippen LogP contribution < -0.4 is 16.4 Å². The molecule has 230 valence electrons. The number of hydrogen-bond acceptors (Lipinski definition) is 7. The Morgan fingerprint density at radius 2 is 1.60 bits per heavy atom. The van der Waals surface area contributed by atoms with Gasteiger partial charge in [-0.1, -0.05) is 50.1 Å². The van der Waals surface area contributed by atoms with E-state index in [2.05, 4.69) is 34.3 Å². The highest BCUT2D eigenvalue weighted by Crippen LogP contribution is 2.34. The lowest BCUT2D eigenvalue weighted by Crippen LogP contribution is -2.44. The molecule has 2 aliphatic carbocycles. The molecule has 3 aliphatic rings. The first-order valence-electron chi connectivity index (χ1n) is 15.5. The van der Waals surface area contributed by atoms with Crippen LogP contribution in [0, 0.1) is 0 Å². The summed E-state index contributed by atoms with van der Waals surface area (Å²) < 4.78 is 2.27. The molecule has 1 aromatic carbocycles. The van der Waals surface area contributed by atoms with Crippen molar-refractivity contribution >= 4 is 53.7 Å². The summed E-state index contributed by atoms with van der Waals surface area (Å²) in [5.41, 5.74) is 9.02. The second-order valence-corrected chi connectivity index (χ2v) is 12.0. The van der Waals surface area contributed by atoms with Gasteiger partial charge in [-0.05, 0) is 63.4 Å².